The van der Waals surface area contributed by atoms with Gasteiger partial charge in [0.25, 0.3) is 0 Å². The maximum Gasteiger partial charge on any atom is 0.133 e. The van der Waals surface area contributed by atoms with E-state index in [1.54, 1.807) is 19.1 Å². The zero-order chi connectivity index (χ0) is 18.2. The molecule has 2 rings (SSSR count). The minimum atomic E-state index is 0.112. The van der Waals surface area contributed by atoms with E-state index < -0.39 is 0 Å². The van der Waals surface area contributed by atoms with Gasteiger partial charge in [0.1, 0.15) is 11.6 Å². The number of aliphatic imine (C=N–C) groups is 1. The van der Waals surface area contributed by atoms with E-state index in [2.05, 4.69) is 28.5 Å². The Bertz CT molecular complexity index is 835. The number of aliphatic hydroxyl groups excluding tert-OH is 1. The normalized spacial score (nSPS) is 11.5. The second-order valence-electron chi connectivity index (χ2n) is 5.57. The molecule has 0 aliphatic carbocycles. The fourth-order valence-electron chi connectivity index (χ4n) is 2.21. The topological polar surface area (TPSA) is 57.5 Å². The van der Waals surface area contributed by atoms with Gasteiger partial charge in [-0.2, -0.15) is 0 Å². The van der Waals surface area contributed by atoms with Crippen molar-refractivity contribution >= 4 is 23.8 Å². The maximum absolute atomic E-state index is 9.44. The SMILES string of the molecule is C=Cc1ccc(C)nc1NCc1cccc(C(=C)/N=C\C(O)=C/C)c1. The zero-order valence-corrected chi connectivity index (χ0v) is 14.7. The fraction of sp³-hybridized carbons (Fsp3) is 0.143. The zero-order valence-electron chi connectivity index (χ0n) is 14.7. The molecule has 0 aliphatic heterocycles. The average molecular weight is 333 g/mol. The predicted octanol–water partition coefficient (Wildman–Crippen LogP) is 5.15. The molecule has 0 aliphatic rings. The molecule has 0 atom stereocenters. The Hall–Kier alpha value is -3.14. The van der Waals surface area contributed by atoms with Gasteiger partial charge < -0.3 is 10.4 Å². The van der Waals surface area contributed by atoms with E-state index >= 15 is 0 Å². The summed E-state index contributed by atoms with van der Waals surface area (Å²) in [4.78, 5) is 8.70. The van der Waals surface area contributed by atoms with Gasteiger partial charge in [-0.15, -0.1) is 0 Å². The van der Waals surface area contributed by atoms with Gasteiger partial charge in [0.15, 0.2) is 0 Å². The molecule has 0 saturated carbocycles. The van der Waals surface area contributed by atoms with Gasteiger partial charge in [0.05, 0.1) is 11.9 Å². The smallest absolute Gasteiger partial charge is 0.133 e. The number of hydrogen-bond donors (Lipinski definition) is 2. The summed E-state index contributed by atoms with van der Waals surface area (Å²) in [5, 5.41) is 12.8. The van der Waals surface area contributed by atoms with Gasteiger partial charge in [0, 0.05) is 17.8 Å². The molecule has 25 heavy (non-hydrogen) atoms. The van der Waals surface area contributed by atoms with Crippen LogP contribution in [0.1, 0.15) is 29.3 Å². The molecule has 0 amide bonds. The molecule has 0 unspecified atom stereocenters. The van der Waals surface area contributed by atoms with Crippen LogP contribution in [0.25, 0.3) is 11.8 Å². The van der Waals surface area contributed by atoms with Crippen LogP contribution < -0.4 is 5.32 Å². The number of anilines is 1. The van der Waals surface area contributed by atoms with Gasteiger partial charge in [-0.05, 0) is 49.2 Å². The molecule has 0 bridgehead atoms. The lowest BCUT2D eigenvalue weighted by atomic mass is 10.1. The first kappa shape index (κ1) is 18.2. The van der Waals surface area contributed by atoms with Crippen LogP contribution in [0.5, 0.6) is 0 Å². The summed E-state index contributed by atoms with van der Waals surface area (Å²) < 4.78 is 0. The number of pyridine rings is 1. The lowest BCUT2D eigenvalue weighted by Gasteiger charge is -2.10. The van der Waals surface area contributed by atoms with Gasteiger partial charge in [-0.1, -0.05) is 37.4 Å². The Labute approximate surface area is 149 Å². The Balaban J connectivity index is 2.12. The molecule has 0 radical (unpaired) electrons. The van der Waals surface area contributed by atoms with E-state index in [1.807, 2.05) is 43.3 Å². The van der Waals surface area contributed by atoms with E-state index in [0.29, 0.717) is 12.2 Å². The van der Waals surface area contributed by atoms with E-state index in [0.717, 1.165) is 28.2 Å². The molecule has 2 N–H and O–H groups in total. The first-order chi connectivity index (χ1) is 12.0. The second-order valence-corrected chi connectivity index (χ2v) is 5.57. The number of benzene rings is 1. The molecule has 0 saturated heterocycles. The number of aliphatic hydroxyl groups is 1. The van der Waals surface area contributed by atoms with Crippen LogP contribution in [0.2, 0.25) is 0 Å². The average Bonchev–Trinajstić information content (AvgIpc) is 2.64. The highest BCUT2D eigenvalue weighted by atomic mass is 16.3. The first-order valence-corrected chi connectivity index (χ1v) is 8.05. The quantitative estimate of drug-likeness (QED) is 0.544. The lowest BCUT2D eigenvalue weighted by Crippen LogP contribution is -2.04. The van der Waals surface area contributed by atoms with Crippen molar-refractivity contribution in [1.29, 1.82) is 0 Å². The summed E-state index contributed by atoms with van der Waals surface area (Å²) in [6.07, 6.45) is 4.75. The summed E-state index contributed by atoms with van der Waals surface area (Å²) in [5.41, 5.74) is 4.50. The molecule has 1 aromatic heterocycles. The number of allylic oxidation sites excluding steroid dienone is 2. The third kappa shape index (κ3) is 5.18. The molecule has 4 nitrogen and oxygen atoms in total. The predicted molar refractivity (Wildman–Crippen MR) is 107 cm³/mol. The Kier molecular flexibility index (Phi) is 6.29. The largest absolute Gasteiger partial charge is 0.507 e. The van der Waals surface area contributed by atoms with Gasteiger partial charge in [-0.25, -0.2) is 4.98 Å². The van der Waals surface area contributed by atoms with Crippen molar-refractivity contribution in [3.8, 4) is 0 Å². The Morgan fingerprint density at radius 3 is 2.84 bits per heavy atom. The summed E-state index contributed by atoms with van der Waals surface area (Å²) >= 11 is 0. The maximum atomic E-state index is 9.44. The number of aryl methyl sites for hydroxylation is 1. The van der Waals surface area contributed by atoms with E-state index in [4.69, 9.17) is 0 Å². The Morgan fingerprint density at radius 1 is 1.32 bits per heavy atom. The van der Waals surface area contributed by atoms with Gasteiger partial charge in [0.2, 0.25) is 0 Å². The van der Waals surface area contributed by atoms with Crippen LogP contribution in [-0.2, 0) is 6.54 Å². The summed E-state index contributed by atoms with van der Waals surface area (Å²) in [6.45, 7) is 12.1. The van der Waals surface area contributed by atoms with Crippen molar-refractivity contribution in [2.24, 2.45) is 4.99 Å². The number of rotatable bonds is 7. The number of nitrogens with zero attached hydrogens (tertiary/aromatic N) is 2. The van der Waals surface area contributed by atoms with Crippen molar-refractivity contribution < 1.29 is 5.11 Å². The third-order valence-corrected chi connectivity index (χ3v) is 3.65. The van der Waals surface area contributed by atoms with Gasteiger partial charge in [-0.3, -0.25) is 4.99 Å². The standard InChI is InChI=1S/C21H23N3O/c1-5-18-11-10-15(3)24-21(18)23-13-17-8-7-9-19(12-17)16(4)22-14-20(25)6-2/h5-12,14,25H,1,4,13H2,2-3H3,(H,23,24)/b20-6+,22-14-. The molecular weight excluding hydrogens is 310 g/mol. The van der Waals surface area contributed by atoms with Gasteiger partial charge >= 0.3 is 0 Å². The Morgan fingerprint density at radius 2 is 2.12 bits per heavy atom. The van der Waals surface area contributed by atoms with Crippen LogP contribution in [0, 0.1) is 6.92 Å². The van der Waals surface area contributed by atoms with Crippen LogP contribution in [-0.4, -0.2) is 16.3 Å². The van der Waals surface area contributed by atoms with Crippen molar-refractivity contribution in [2.45, 2.75) is 20.4 Å². The van der Waals surface area contributed by atoms with E-state index in [9.17, 15) is 5.11 Å². The molecule has 0 fully saturated rings. The summed E-state index contributed by atoms with van der Waals surface area (Å²) in [5.74, 6) is 0.928. The summed E-state index contributed by atoms with van der Waals surface area (Å²) in [6, 6.07) is 11.9. The number of hydrogen-bond acceptors (Lipinski definition) is 4. The highest BCUT2D eigenvalue weighted by molar-refractivity contribution is 5.82. The minimum Gasteiger partial charge on any atom is -0.507 e. The molecular formula is C21H23N3O. The molecule has 4 heteroatoms. The van der Waals surface area contributed by atoms with Crippen molar-refractivity contribution in [1.82, 2.24) is 4.98 Å². The highest BCUT2D eigenvalue weighted by Gasteiger charge is 2.03. The minimum absolute atomic E-state index is 0.112. The van der Waals surface area contributed by atoms with Crippen LogP contribution in [0.4, 0.5) is 5.82 Å². The second kappa shape index (κ2) is 8.64. The first-order valence-electron chi connectivity index (χ1n) is 8.05. The summed E-state index contributed by atoms with van der Waals surface area (Å²) in [7, 11) is 0. The molecule has 1 aromatic carbocycles. The van der Waals surface area contributed by atoms with Crippen LogP contribution in [0.3, 0.4) is 0 Å². The molecule has 0 spiro atoms. The lowest BCUT2D eigenvalue weighted by molar-refractivity contribution is 0.445. The molecule has 128 valence electrons. The van der Waals surface area contributed by atoms with Crippen molar-refractivity contribution in [3.05, 3.63) is 83.8 Å². The molecule has 2 aromatic rings. The van der Waals surface area contributed by atoms with Crippen LogP contribution >= 0.6 is 0 Å². The number of nitrogens with one attached hydrogen (secondary N) is 1. The number of aromatic nitrogens is 1. The fourth-order valence-corrected chi connectivity index (χ4v) is 2.21. The van der Waals surface area contributed by atoms with E-state index in [1.165, 1.54) is 6.21 Å². The van der Waals surface area contributed by atoms with Crippen molar-refractivity contribution in [2.75, 3.05) is 5.32 Å². The monoisotopic (exact) mass is 333 g/mol. The molecule has 1 heterocycles. The van der Waals surface area contributed by atoms with Crippen LogP contribution in [0.15, 0.2) is 66.4 Å². The third-order valence-electron chi connectivity index (χ3n) is 3.65. The highest BCUT2D eigenvalue weighted by Crippen LogP contribution is 2.18. The van der Waals surface area contributed by atoms with E-state index in [-0.39, 0.29) is 5.76 Å². The van der Waals surface area contributed by atoms with Crippen molar-refractivity contribution in [3.63, 3.8) is 0 Å².